The predicted octanol–water partition coefficient (Wildman–Crippen LogP) is 3.32. The largest absolute Gasteiger partial charge is 0.324 e. The lowest BCUT2D eigenvalue weighted by atomic mass is 10.2. The Morgan fingerprint density at radius 1 is 1.36 bits per heavy atom. The lowest BCUT2D eigenvalue weighted by Crippen LogP contribution is -2.19. The summed E-state index contributed by atoms with van der Waals surface area (Å²) in [4.78, 5) is 29.2. The van der Waals surface area contributed by atoms with E-state index in [1.165, 1.54) is 35.9 Å². The summed E-state index contributed by atoms with van der Waals surface area (Å²) < 4.78 is 0. The van der Waals surface area contributed by atoms with E-state index in [9.17, 15) is 9.59 Å². The minimum absolute atomic E-state index is 0.0379. The fourth-order valence-corrected chi connectivity index (χ4v) is 3.88. The standard InChI is InChI=1S/C15H13N3O2S2/c19-13-7-21-12-4-3-9(5-10(12)16-13)14(20)18-15-17-11(6-22-15)8-1-2-8/h3-6,8H,1-2,7H2,(H,16,19)(H,17,18,20). The molecule has 0 bridgehead atoms. The van der Waals surface area contributed by atoms with Gasteiger partial charge in [-0.3, -0.25) is 14.9 Å². The summed E-state index contributed by atoms with van der Waals surface area (Å²) in [6, 6.07) is 5.35. The van der Waals surface area contributed by atoms with Gasteiger partial charge in [-0.1, -0.05) is 0 Å². The van der Waals surface area contributed by atoms with Gasteiger partial charge >= 0.3 is 0 Å². The molecule has 2 heterocycles. The van der Waals surface area contributed by atoms with Crippen LogP contribution >= 0.6 is 23.1 Å². The molecule has 0 spiro atoms. The molecule has 1 aromatic heterocycles. The average molecular weight is 331 g/mol. The number of hydrogen-bond donors (Lipinski definition) is 2. The van der Waals surface area contributed by atoms with Crippen molar-refractivity contribution >= 4 is 45.7 Å². The highest BCUT2D eigenvalue weighted by molar-refractivity contribution is 8.00. The number of aromatic nitrogens is 1. The summed E-state index contributed by atoms with van der Waals surface area (Å²) in [6.45, 7) is 0. The highest BCUT2D eigenvalue weighted by atomic mass is 32.2. The summed E-state index contributed by atoms with van der Waals surface area (Å²) in [7, 11) is 0. The molecule has 0 atom stereocenters. The minimum atomic E-state index is -0.204. The van der Waals surface area contributed by atoms with Crippen LogP contribution < -0.4 is 10.6 Å². The molecule has 1 aromatic carbocycles. The Hall–Kier alpha value is -1.86. The van der Waals surface area contributed by atoms with Gasteiger partial charge in [-0.25, -0.2) is 4.98 Å². The molecule has 2 aromatic rings. The first kappa shape index (κ1) is 13.8. The van der Waals surface area contributed by atoms with Gasteiger partial charge in [0.2, 0.25) is 5.91 Å². The van der Waals surface area contributed by atoms with Gasteiger partial charge < -0.3 is 5.32 Å². The number of thiazole rings is 1. The maximum atomic E-state index is 12.3. The third-order valence-electron chi connectivity index (χ3n) is 3.61. The molecular formula is C15H13N3O2S2. The summed E-state index contributed by atoms with van der Waals surface area (Å²) in [5.41, 5.74) is 2.30. The van der Waals surface area contributed by atoms with Crippen molar-refractivity contribution in [2.24, 2.45) is 0 Å². The highest BCUT2D eigenvalue weighted by Crippen LogP contribution is 2.41. The van der Waals surface area contributed by atoms with Crippen LogP contribution in [0.1, 0.15) is 34.8 Å². The zero-order valence-electron chi connectivity index (χ0n) is 11.6. The molecule has 4 rings (SSSR count). The molecule has 1 aliphatic carbocycles. The van der Waals surface area contributed by atoms with Gasteiger partial charge in [-0.15, -0.1) is 23.1 Å². The number of carbonyl (C=O) groups is 2. The number of anilines is 2. The first-order chi connectivity index (χ1) is 10.7. The van der Waals surface area contributed by atoms with Crippen LogP contribution in [0.5, 0.6) is 0 Å². The van der Waals surface area contributed by atoms with Gasteiger partial charge in [-0.2, -0.15) is 0 Å². The smallest absolute Gasteiger partial charge is 0.257 e. The van der Waals surface area contributed by atoms with Crippen molar-refractivity contribution < 1.29 is 9.59 Å². The van der Waals surface area contributed by atoms with Crippen LogP contribution in [0.3, 0.4) is 0 Å². The van der Waals surface area contributed by atoms with Crippen LogP contribution in [-0.2, 0) is 4.79 Å². The fourth-order valence-electron chi connectivity index (χ4n) is 2.30. The van der Waals surface area contributed by atoms with Crippen LogP contribution in [0.15, 0.2) is 28.5 Å². The molecule has 0 saturated heterocycles. The summed E-state index contributed by atoms with van der Waals surface area (Å²) >= 11 is 2.93. The van der Waals surface area contributed by atoms with Crippen molar-refractivity contribution in [1.82, 2.24) is 4.98 Å². The Morgan fingerprint density at radius 2 is 2.23 bits per heavy atom. The Kier molecular flexibility index (Phi) is 3.38. The molecular weight excluding hydrogens is 318 g/mol. The quantitative estimate of drug-likeness (QED) is 0.905. The van der Waals surface area contributed by atoms with Crippen molar-refractivity contribution in [1.29, 1.82) is 0 Å². The van der Waals surface area contributed by atoms with E-state index >= 15 is 0 Å². The second-order valence-corrected chi connectivity index (χ2v) is 7.23. The van der Waals surface area contributed by atoms with Gasteiger partial charge in [-0.05, 0) is 31.0 Å². The normalized spacial score (nSPS) is 16.8. The van der Waals surface area contributed by atoms with Gasteiger partial charge in [0.25, 0.3) is 5.91 Å². The Balaban J connectivity index is 1.51. The van der Waals surface area contributed by atoms with E-state index in [4.69, 9.17) is 0 Å². The highest BCUT2D eigenvalue weighted by Gasteiger charge is 2.26. The topological polar surface area (TPSA) is 71.1 Å². The monoisotopic (exact) mass is 331 g/mol. The number of thioether (sulfide) groups is 1. The van der Waals surface area contributed by atoms with E-state index in [0.717, 1.165) is 10.6 Å². The molecule has 1 aliphatic heterocycles. The van der Waals surface area contributed by atoms with Gasteiger partial charge in [0.05, 0.1) is 17.1 Å². The number of carbonyl (C=O) groups excluding carboxylic acids is 2. The van der Waals surface area contributed by atoms with Crippen molar-refractivity contribution in [2.75, 3.05) is 16.4 Å². The number of rotatable bonds is 3. The number of nitrogens with one attached hydrogen (secondary N) is 2. The second-order valence-electron chi connectivity index (χ2n) is 5.35. The molecule has 2 aliphatic rings. The van der Waals surface area contributed by atoms with Crippen molar-refractivity contribution in [3.05, 3.63) is 34.8 Å². The van der Waals surface area contributed by atoms with E-state index in [1.54, 1.807) is 12.1 Å². The Labute approximate surface area is 135 Å². The summed E-state index contributed by atoms with van der Waals surface area (Å²) in [5, 5.41) is 8.26. The van der Waals surface area contributed by atoms with E-state index < -0.39 is 0 Å². The lowest BCUT2D eigenvalue weighted by molar-refractivity contribution is -0.113. The van der Waals surface area contributed by atoms with E-state index in [1.807, 2.05) is 11.4 Å². The zero-order chi connectivity index (χ0) is 15.1. The lowest BCUT2D eigenvalue weighted by Gasteiger charge is -2.16. The molecule has 112 valence electrons. The fraction of sp³-hybridized carbons (Fsp3) is 0.267. The molecule has 0 unspecified atom stereocenters. The van der Waals surface area contributed by atoms with Crippen molar-refractivity contribution in [3.8, 4) is 0 Å². The average Bonchev–Trinajstić information content (AvgIpc) is 3.27. The molecule has 7 heteroatoms. The predicted molar refractivity (Wildman–Crippen MR) is 87.8 cm³/mol. The van der Waals surface area contributed by atoms with Crippen molar-refractivity contribution in [3.63, 3.8) is 0 Å². The maximum absolute atomic E-state index is 12.3. The molecule has 0 radical (unpaired) electrons. The van der Waals surface area contributed by atoms with E-state index in [-0.39, 0.29) is 11.8 Å². The zero-order valence-corrected chi connectivity index (χ0v) is 13.2. The first-order valence-corrected chi connectivity index (χ1v) is 8.89. The third kappa shape index (κ3) is 2.74. The molecule has 5 nitrogen and oxygen atoms in total. The number of benzene rings is 1. The minimum Gasteiger partial charge on any atom is -0.324 e. The summed E-state index contributed by atoms with van der Waals surface area (Å²) in [6.07, 6.45) is 2.39. The second kappa shape index (κ2) is 5.40. The number of fused-ring (bicyclic) bond motifs is 1. The first-order valence-electron chi connectivity index (χ1n) is 7.02. The van der Waals surface area contributed by atoms with E-state index in [0.29, 0.717) is 28.1 Å². The number of nitrogens with zero attached hydrogens (tertiary/aromatic N) is 1. The van der Waals surface area contributed by atoms with Crippen LogP contribution in [0, 0.1) is 0 Å². The third-order valence-corrected chi connectivity index (χ3v) is 5.46. The molecule has 2 N–H and O–H groups in total. The Morgan fingerprint density at radius 3 is 3.05 bits per heavy atom. The molecule has 22 heavy (non-hydrogen) atoms. The molecule has 2 amide bonds. The van der Waals surface area contributed by atoms with Crippen molar-refractivity contribution in [2.45, 2.75) is 23.7 Å². The van der Waals surface area contributed by atoms with Crippen LogP contribution in [0.4, 0.5) is 10.8 Å². The SMILES string of the molecule is O=C1CSc2ccc(C(=O)Nc3nc(C4CC4)cs3)cc2N1. The van der Waals surface area contributed by atoms with Crippen LogP contribution in [0.2, 0.25) is 0 Å². The number of hydrogen-bond acceptors (Lipinski definition) is 5. The Bertz CT molecular complexity index is 768. The molecule has 1 saturated carbocycles. The summed E-state index contributed by atoms with van der Waals surface area (Å²) in [5.74, 6) is 0.757. The van der Waals surface area contributed by atoms with E-state index in [2.05, 4.69) is 15.6 Å². The maximum Gasteiger partial charge on any atom is 0.257 e. The molecule has 1 fully saturated rings. The van der Waals surface area contributed by atoms with Gasteiger partial charge in [0.15, 0.2) is 5.13 Å². The van der Waals surface area contributed by atoms with Gasteiger partial charge in [0.1, 0.15) is 0 Å². The van der Waals surface area contributed by atoms with Gasteiger partial charge in [0, 0.05) is 21.8 Å². The van der Waals surface area contributed by atoms with Crippen LogP contribution in [-0.4, -0.2) is 22.6 Å². The van der Waals surface area contributed by atoms with Crippen LogP contribution in [0.25, 0.3) is 0 Å². The number of amides is 2.